The Balaban J connectivity index is 0. The van der Waals surface area contributed by atoms with Gasteiger partial charge >= 0.3 is 0 Å². The molecule has 0 radical (unpaired) electrons. The number of nitrogens with one attached hydrogen (secondary N) is 1. The van der Waals surface area contributed by atoms with E-state index < -0.39 is 9.73 Å². The summed E-state index contributed by atoms with van der Waals surface area (Å²) in [6.07, 6.45) is 1.40. The molecule has 0 aliphatic rings. The molecule has 0 aliphatic heterocycles. The van der Waals surface area contributed by atoms with Gasteiger partial charge in [0.05, 0.1) is 14.6 Å². The molecule has 0 bridgehead atoms. The van der Waals surface area contributed by atoms with E-state index in [1.54, 1.807) is 25.1 Å². The zero-order valence-electron chi connectivity index (χ0n) is 9.88. The summed E-state index contributed by atoms with van der Waals surface area (Å²) in [5, 5.41) is 0. The summed E-state index contributed by atoms with van der Waals surface area (Å²) in [4.78, 5) is 4.47. The Hall–Kier alpha value is 0.430. The molecular weight excluding hydrogens is 450 g/mol. The Kier molecular flexibility index (Phi) is 11.1. The molecular formula is C10H18I2N2OS. The fourth-order valence-corrected chi connectivity index (χ4v) is 2.09. The van der Waals surface area contributed by atoms with E-state index >= 15 is 0 Å². The molecule has 1 atom stereocenters. The molecule has 1 rings (SSSR count). The molecule has 0 saturated carbocycles. The van der Waals surface area contributed by atoms with Crippen LogP contribution in [-0.2, 0) is 9.73 Å². The fourth-order valence-electron chi connectivity index (χ4n) is 1.05. The molecule has 0 aromatic heterocycles. The van der Waals surface area contributed by atoms with E-state index in [1.807, 2.05) is 9.86 Å². The molecule has 94 valence electrons. The van der Waals surface area contributed by atoms with E-state index in [-0.39, 0.29) is 0 Å². The Bertz CT molecular complexity index is 405. The van der Waals surface area contributed by atoms with Crippen molar-refractivity contribution < 1.29 is 4.21 Å². The highest BCUT2D eigenvalue weighted by atomic mass is 127. The van der Waals surface area contributed by atoms with Gasteiger partial charge in [-0.25, -0.2) is 8.99 Å². The quantitative estimate of drug-likeness (QED) is 0.375. The third-order valence-electron chi connectivity index (χ3n) is 1.75. The molecule has 3 nitrogen and oxygen atoms in total. The monoisotopic (exact) mass is 468 g/mol. The molecule has 0 spiro atoms. The Morgan fingerprint density at radius 3 is 2.00 bits per heavy atom. The number of nitrogens with two attached hydrogens (primary N) is 1. The number of nitrogen functional groups attached to an aromatic ring is 1. The molecule has 0 heterocycles. The summed E-state index contributed by atoms with van der Waals surface area (Å²) in [6.45, 7) is 1.78. The molecule has 0 aliphatic carbocycles. The van der Waals surface area contributed by atoms with Gasteiger partial charge in [-0.2, -0.15) is 0 Å². The van der Waals surface area contributed by atoms with Gasteiger partial charge < -0.3 is 5.73 Å². The van der Waals surface area contributed by atoms with Gasteiger partial charge in [0.1, 0.15) is 0 Å². The van der Waals surface area contributed by atoms with Crippen LogP contribution in [0.25, 0.3) is 0 Å². The van der Waals surface area contributed by atoms with Gasteiger partial charge in [0.2, 0.25) is 0 Å². The van der Waals surface area contributed by atoms with Crippen molar-refractivity contribution in [2.45, 2.75) is 11.8 Å². The maximum atomic E-state index is 11.4. The minimum atomic E-state index is -2.64. The zero-order chi connectivity index (χ0) is 13.4. The van der Waals surface area contributed by atoms with Crippen LogP contribution in [-0.4, -0.2) is 20.3 Å². The van der Waals surface area contributed by atoms with Crippen LogP contribution in [0, 0.1) is 11.7 Å². The molecule has 0 fully saturated rings. The SMILES string of the molecule is CI.CI.Cc1c(N)cccc1S(C)(=N)=O. The first-order valence-electron chi connectivity index (χ1n) is 4.27. The highest BCUT2D eigenvalue weighted by molar-refractivity contribution is 14.1. The number of hydrogen-bond donors (Lipinski definition) is 2. The minimum absolute atomic E-state index is 0.530. The Labute approximate surface area is 126 Å². The summed E-state index contributed by atoms with van der Waals surface area (Å²) < 4.78 is 18.8. The summed E-state index contributed by atoms with van der Waals surface area (Å²) >= 11 is 4.30. The van der Waals surface area contributed by atoms with Crippen LogP contribution in [0.3, 0.4) is 0 Å². The largest absolute Gasteiger partial charge is 0.398 e. The van der Waals surface area contributed by atoms with Crippen LogP contribution in [0.1, 0.15) is 5.56 Å². The lowest BCUT2D eigenvalue weighted by Crippen LogP contribution is -2.00. The van der Waals surface area contributed by atoms with Gasteiger partial charge in [0.25, 0.3) is 0 Å². The normalized spacial score (nSPS) is 12.4. The van der Waals surface area contributed by atoms with E-state index in [2.05, 4.69) is 45.2 Å². The number of rotatable bonds is 1. The van der Waals surface area contributed by atoms with Crippen LogP contribution in [0.4, 0.5) is 5.69 Å². The number of halogens is 2. The van der Waals surface area contributed by atoms with Crippen LogP contribution < -0.4 is 5.73 Å². The van der Waals surface area contributed by atoms with Crippen molar-refractivity contribution >= 4 is 60.6 Å². The molecule has 1 aromatic rings. The predicted molar refractivity (Wildman–Crippen MR) is 90.5 cm³/mol. The van der Waals surface area contributed by atoms with Crippen molar-refractivity contribution in [1.29, 1.82) is 4.78 Å². The second-order valence-electron chi connectivity index (χ2n) is 2.81. The summed E-state index contributed by atoms with van der Waals surface area (Å²) in [6, 6.07) is 5.14. The second-order valence-corrected chi connectivity index (χ2v) is 4.94. The highest BCUT2D eigenvalue weighted by Crippen LogP contribution is 2.20. The van der Waals surface area contributed by atoms with E-state index in [0.717, 1.165) is 5.56 Å². The predicted octanol–water partition coefficient (Wildman–Crippen LogP) is 3.72. The van der Waals surface area contributed by atoms with Crippen molar-refractivity contribution in [3.8, 4) is 0 Å². The smallest absolute Gasteiger partial charge is 0.0700 e. The first-order chi connectivity index (χ1) is 7.43. The van der Waals surface area contributed by atoms with Gasteiger partial charge in [-0.3, -0.25) is 0 Å². The summed E-state index contributed by atoms with van der Waals surface area (Å²) in [5.41, 5.74) is 6.95. The third kappa shape index (κ3) is 6.24. The van der Waals surface area contributed by atoms with Crippen LogP contribution in [0.15, 0.2) is 23.1 Å². The molecule has 1 aromatic carbocycles. The molecule has 0 amide bonds. The lowest BCUT2D eigenvalue weighted by Gasteiger charge is -2.07. The molecule has 0 saturated heterocycles. The van der Waals surface area contributed by atoms with Crippen molar-refractivity contribution in [2.75, 3.05) is 21.9 Å². The van der Waals surface area contributed by atoms with Crippen LogP contribution >= 0.6 is 45.2 Å². The lowest BCUT2D eigenvalue weighted by molar-refractivity contribution is 0.678. The van der Waals surface area contributed by atoms with E-state index in [0.29, 0.717) is 10.6 Å². The van der Waals surface area contributed by atoms with Gasteiger partial charge in [-0.1, -0.05) is 51.2 Å². The molecule has 3 N–H and O–H groups in total. The summed E-state index contributed by atoms with van der Waals surface area (Å²) in [5.74, 6) is 0. The topological polar surface area (TPSA) is 66.9 Å². The minimum Gasteiger partial charge on any atom is -0.398 e. The number of anilines is 1. The molecule has 6 heteroatoms. The van der Waals surface area contributed by atoms with Crippen molar-refractivity contribution in [2.24, 2.45) is 0 Å². The second kappa shape index (κ2) is 9.46. The third-order valence-corrected chi connectivity index (χ3v) is 3.03. The van der Waals surface area contributed by atoms with Crippen molar-refractivity contribution in [3.63, 3.8) is 0 Å². The maximum absolute atomic E-state index is 11.4. The number of alkyl halides is 2. The average Bonchev–Trinajstić information content (AvgIpc) is 2.26. The standard InChI is InChI=1S/C8H12N2OS.2CH3I/c1-6-7(9)4-3-5-8(6)12(2,10)11;2*1-2/h3-5,10H,9H2,1-2H3;2*1H3. The van der Waals surface area contributed by atoms with E-state index in [9.17, 15) is 4.21 Å². The van der Waals surface area contributed by atoms with Gasteiger partial charge in [0, 0.05) is 11.9 Å². The van der Waals surface area contributed by atoms with Crippen LogP contribution in [0.5, 0.6) is 0 Å². The van der Waals surface area contributed by atoms with Gasteiger partial charge in [-0.15, -0.1) is 0 Å². The average molecular weight is 468 g/mol. The van der Waals surface area contributed by atoms with Crippen molar-refractivity contribution in [1.82, 2.24) is 0 Å². The summed E-state index contributed by atoms with van der Waals surface area (Å²) in [7, 11) is -2.64. The molecule has 16 heavy (non-hydrogen) atoms. The first kappa shape index (κ1) is 18.8. The Morgan fingerprint density at radius 2 is 1.69 bits per heavy atom. The van der Waals surface area contributed by atoms with Gasteiger partial charge in [0.15, 0.2) is 0 Å². The molecule has 1 unspecified atom stereocenters. The van der Waals surface area contributed by atoms with Crippen molar-refractivity contribution in [3.05, 3.63) is 23.8 Å². The zero-order valence-corrected chi connectivity index (χ0v) is 15.0. The maximum Gasteiger partial charge on any atom is 0.0700 e. The van der Waals surface area contributed by atoms with Gasteiger partial charge in [-0.05, 0) is 34.5 Å². The first-order valence-corrected chi connectivity index (χ1v) is 10.6. The fraction of sp³-hybridized carbons (Fsp3) is 0.400. The number of hydrogen-bond acceptors (Lipinski definition) is 3. The lowest BCUT2D eigenvalue weighted by atomic mass is 10.2. The Morgan fingerprint density at radius 1 is 1.25 bits per heavy atom. The van der Waals surface area contributed by atoms with Crippen LogP contribution in [0.2, 0.25) is 0 Å². The number of benzene rings is 1. The van der Waals surface area contributed by atoms with E-state index in [1.165, 1.54) is 6.26 Å². The van der Waals surface area contributed by atoms with E-state index in [4.69, 9.17) is 10.5 Å². The highest BCUT2D eigenvalue weighted by Gasteiger charge is 2.07.